The average molecular weight is 899 g/mol. The molecule has 0 aliphatic carbocycles. The molecule has 0 bridgehead atoms. The molecule has 1 unspecified atom stereocenters. The minimum Gasteiger partial charge on any atom is -0.497 e. The smallest absolute Gasteiger partial charge is 0.405 e. The van der Waals surface area contributed by atoms with Crippen LogP contribution in [-0.2, 0) is 65.9 Å². The van der Waals surface area contributed by atoms with Gasteiger partial charge in [-0.1, -0.05) is 42.5 Å². The summed E-state index contributed by atoms with van der Waals surface area (Å²) in [5.74, 6) is -3.33. The molecule has 11 atom stereocenters. The number of ether oxygens (including phenoxy) is 10. The Kier molecular flexibility index (Phi) is 14.2. The van der Waals surface area contributed by atoms with E-state index in [0.717, 1.165) is 39.9 Å². The number of imide groups is 1. The van der Waals surface area contributed by atoms with Crippen LogP contribution in [0.15, 0.2) is 78.9 Å². The minimum atomic E-state index is -4.24. The third-order valence-electron chi connectivity index (χ3n) is 10.6. The number of carbonyl (C=O) groups is 5. The molecular weight excluding hydrogens is 851 g/mol. The van der Waals surface area contributed by atoms with Crippen LogP contribution < -0.4 is 14.6 Å². The van der Waals surface area contributed by atoms with Gasteiger partial charge in [-0.3, -0.25) is 28.9 Å². The normalized spacial score (nSPS) is 29.2. The van der Waals surface area contributed by atoms with Gasteiger partial charge in [0.15, 0.2) is 24.8 Å². The van der Waals surface area contributed by atoms with Gasteiger partial charge in [-0.15, -0.1) is 0 Å². The molecule has 2 amide bonds. The van der Waals surface area contributed by atoms with Gasteiger partial charge >= 0.3 is 25.7 Å². The van der Waals surface area contributed by atoms with Crippen LogP contribution in [0.25, 0.3) is 0 Å². The van der Waals surface area contributed by atoms with Gasteiger partial charge in [0.2, 0.25) is 6.29 Å². The van der Waals surface area contributed by atoms with Crippen LogP contribution in [0.1, 0.15) is 53.3 Å². The lowest BCUT2D eigenvalue weighted by atomic mass is 9.93. The highest BCUT2D eigenvalue weighted by atomic mass is 31.2. The van der Waals surface area contributed by atoms with Gasteiger partial charge in [-0.05, 0) is 36.4 Å². The van der Waals surface area contributed by atoms with Crippen LogP contribution in [-0.4, -0.2) is 130 Å². The van der Waals surface area contributed by atoms with E-state index in [-0.39, 0.29) is 23.5 Å². The molecule has 1 N–H and O–H groups in total. The molecular formula is C42H47N2O18P. The molecule has 4 aliphatic rings. The fourth-order valence-corrected chi connectivity index (χ4v) is 8.80. The summed E-state index contributed by atoms with van der Waals surface area (Å²) >= 11 is 0. The van der Waals surface area contributed by atoms with Crippen LogP contribution in [0.3, 0.4) is 0 Å². The van der Waals surface area contributed by atoms with E-state index in [9.17, 15) is 28.5 Å². The molecule has 0 spiro atoms. The van der Waals surface area contributed by atoms with E-state index >= 15 is 0 Å². The van der Waals surface area contributed by atoms with Crippen molar-refractivity contribution < 1.29 is 85.0 Å². The zero-order valence-corrected chi connectivity index (χ0v) is 35.9. The van der Waals surface area contributed by atoms with Crippen molar-refractivity contribution >= 4 is 37.5 Å². The Labute approximate surface area is 361 Å². The molecule has 3 aromatic carbocycles. The molecule has 4 aliphatic heterocycles. The first-order valence-electron chi connectivity index (χ1n) is 19.8. The Bertz CT molecular complexity index is 2150. The summed E-state index contributed by atoms with van der Waals surface area (Å²) in [6.07, 6.45) is -12.6. The second-order valence-electron chi connectivity index (χ2n) is 14.6. The van der Waals surface area contributed by atoms with Crippen molar-refractivity contribution in [1.82, 2.24) is 9.99 Å². The van der Waals surface area contributed by atoms with Gasteiger partial charge < -0.3 is 56.4 Å². The number of rotatable bonds is 15. The highest BCUT2D eigenvalue weighted by molar-refractivity contribution is 7.51. The Hall–Kier alpha value is -5.28. The van der Waals surface area contributed by atoms with E-state index < -0.39 is 112 Å². The van der Waals surface area contributed by atoms with Gasteiger partial charge in [0.25, 0.3) is 11.8 Å². The third-order valence-corrected chi connectivity index (χ3v) is 12.2. The van der Waals surface area contributed by atoms with Crippen molar-refractivity contribution in [2.24, 2.45) is 0 Å². The fourth-order valence-electron chi connectivity index (χ4n) is 7.80. The zero-order valence-electron chi connectivity index (χ0n) is 35.0. The molecule has 338 valence electrons. The summed E-state index contributed by atoms with van der Waals surface area (Å²) in [6, 6.07) is 18.3. The summed E-state index contributed by atoms with van der Waals surface area (Å²) in [4.78, 5) is 67.4. The van der Waals surface area contributed by atoms with Crippen molar-refractivity contribution in [2.75, 3.05) is 34.5 Å². The first-order chi connectivity index (χ1) is 30.2. The largest absolute Gasteiger partial charge is 0.497 e. The van der Waals surface area contributed by atoms with E-state index in [1.165, 1.54) is 19.2 Å². The second-order valence-corrected chi connectivity index (χ2v) is 16.6. The Balaban J connectivity index is 1.38. The number of hydrogen-bond donors (Lipinski definition) is 1. The van der Waals surface area contributed by atoms with Gasteiger partial charge in [-0.25, -0.2) is 9.65 Å². The van der Waals surface area contributed by atoms with Crippen molar-refractivity contribution in [1.29, 1.82) is 0 Å². The van der Waals surface area contributed by atoms with E-state index in [4.69, 9.17) is 56.4 Å². The van der Waals surface area contributed by atoms with Gasteiger partial charge in [0, 0.05) is 40.6 Å². The monoisotopic (exact) mass is 898 g/mol. The topological polar surface area (TPSA) is 228 Å². The minimum absolute atomic E-state index is 0.0205. The molecule has 3 saturated heterocycles. The molecule has 20 nitrogen and oxygen atoms in total. The van der Waals surface area contributed by atoms with Crippen LogP contribution in [0, 0.1) is 0 Å². The number of amides is 2. The maximum atomic E-state index is 14.4. The molecule has 0 aromatic heterocycles. The Morgan fingerprint density at radius 2 is 1.33 bits per heavy atom. The van der Waals surface area contributed by atoms with Gasteiger partial charge in [0.05, 0.1) is 24.8 Å². The fraction of sp³-hybridized carbons (Fsp3) is 0.452. The van der Waals surface area contributed by atoms with Gasteiger partial charge in [-0.2, -0.15) is 0 Å². The van der Waals surface area contributed by atoms with Crippen molar-refractivity contribution in [3.8, 4) is 11.5 Å². The summed E-state index contributed by atoms with van der Waals surface area (Å²) in [5, 5.41) is 2.86. The summed E-state index contributed by atoms with van der Waals surface area (Å²) in [5.41, 5.74) is 0.660. The van der Waals surface area contributed by atoms with Crippen LogP contribution >= 0.6 is 7.75 Å². The SMILES string of the molecule is COc1ccc(O[C@@H]2O[C@@H]3COC(c4ccccc4)O[C@H]3[C@H](O[C@@H]3O[C@H](COC(C)=O)[C@@H](OC(C)=O)[C@H](OC(C)=O)[C@H]3N3C(=O)c4ccccc4C3=O)[C@H]2NP(=O)(OC)OC)cc1. The third kappa shape index (κ3) is 9.94. The average Bonchev–Trinajstić information content (AvgIpc) is 3.52. The molecule has 7 rings (SSSR count). The van der Waals surface area contributed by atoms with Crippen molar-refractivity contribution in [3.05, 3.63) is 95.6 Å². The highest BCUT2D eigenvalue weighted by Crippen LogP contribution is 2.47. The molecule has 3 fully saturated rings. The van der Waals surface area contributed by atoms with E-state index in [1.54, 1.807) is 60.7 Å². The van der Waals surface area contributed by atoms with Crippen molar-refractivity contribution in [3.63, 3.8) is 0 Å². The number of hydrogen-bond acceptors (Lipinski definition) is 18. The highest BCUT2D eigenvalue weighted by Gasteiger charge is 2.61. The molecule has 21 heteroatoms. The number of esters is 3. The maximum Gasteiger partial charge on any atom is 0.405 e. The molecule has 0 saturated carbocycles. The van der Waals surface area contributed by atoms with E-state index in [1.807, 2.05) is 6.07 Å². The molecule has 0 radical (unpaired) electrons. The lowest BCUT2D eigenvalue weighted by molar-refractivity contribution is -0.365. The Morgan fingerprint density at radius 3 is 1.92 bits per heavy atom. The number of benzene rings is 3. The maximum absolute atomic E-state index is 14.4. The standard InChI is InChI=1S/C42H47N2O18P/c1-22(45)54-20-30-35(56-23(2)46)37(57-24(3)47)33(44-38(48)28-14-10-11-15-29(28)39(44)49)42(60-30)62-36-32(43-63(50,52-5)53-6)41(58-27-18-16-26(51-4)17-19-27)59-31-21-55-40(61-34(31)36)25-12-8-7-9-13-25/h7-19,30-37,40-42H,20-21H2,1-6H3,(H,43,50)/t30-,31-,32-,33-,34-,35-,36-,37-,40?,41-,42+/m1/s1. The number of nitrogens with one attached hydrogen (secondary N) is 1. The first-order valence-corrected chi connectivity index (χ1v) is 21.3. The number of nitrogens with zero attached hydrogens (tertiary/aromatic N) is 1. The lowest BCUT2D eigenvalue weighted by Gasteiger charge is -2.52. The lowest BCUT2D eigenvalue weighted by Crippen LogP contribution is -2.71. The number of methoxy groups -OCH3 is 1. The molecule has 4 heterocycles. The number of fused-ring (bicyclic) bond motifs is 2. The quantitative estimate of drug-likeness (QED) is 0.0997. The van der Waals surface area contributed by atoms with Gasteiger partial charge in [0.1, 0.15) is 54.6 Å². The first kappa shape index (κ1) is 45.7. The van der Waals surface area contributed by atoms with E-state index in [0.29, 0.717) is 11.3 Å². The van der Waals surface area contributed by atoms with Crippen molar-refractivity contribution in [2.45, 2.75) is 88.3 Å². The van der Waals surface area contributed by atoms with Crippen LogP contribution in [0.2, 0.25) is 0 Å². The predicted octanol–water partition coefficient (Wildman–Crippen LogP) is 3.47. The van der Waals surface area contributed by atoms with Crippen LogP contribution in [0.5, 0.6) is 11.5 Å². The van der Waals surface area contributed by atoms with E-state index in [2.05, 4.69) is 5.09 Å². The predicted molar refractivity (Wildman–Crippen MR) is 213 cm³/mol. The van der Waals surface area contributed by atoms with Crippen LogP contribution in [0.4, 0.5) is 0 Å². The summed E-state index contributed by atoms with van der Waals surface area (Å²) in [7, 11) is -0.443. The second kappa shape index (κ2) is 19.6. The molecule has 63 heavy (non-hydrogen) atoms. The molecule has 3 aromatic rings. The number of carbonyl (C=O) groups excluding carboxylic acids is 5. The zero-order chi connectivity index (χ0) is 45.0. The Morgan fingerprint density at radius 1 is 0.730 bits per heavy atom. The summed E-state index contributed by atoms with van der Waals surface area (Å²) in [6.45, 7) is 2.63. The summed E-state index contributed by atoms with van der Waals surface area (Å²) < 4.78 is 86.1.